The number of hydrogen-bond donors (Lipinski definition) is 2. The molecule has 0 bridgehead atoms. The zero-order valence-corrected chi connectivity index (χ0v) is 21.1. The Morgan fingerprint density at radius 2 is 1.23 bits per heavy atom. The minimum atomic E-state index is -0.317. The number of nitrogens with one attached hydrogen (secondary N) is 1. The van der Waals surface area contributed by atoms with Crippen LogP contribution in [0.3, 0.4) is 0 Å². The summed E-state index contributed by atoms with van der Waals surface area (Å²) in [5, 5.41) is 13.2. The molecule has 0 radical (unpaired) electrons. The maximum atomic E-state index is 12.0. The quantitative estimate of drug-likeness (QED) is 0.138. The molecule has 2 N–H and O–H groups in total. The van der Waals surface area contributed by atoms with E-state index in [1.54, 1.807) is 0 Å². The molecule has 0 saturated heterocycles. The summed E-state index contributed by atoms with van der Waals surface area (Å²) < 4.78 is 5.44. The molecule has 0 spiro atoms. The summed E-state index contributed by atoms with van der Waals surface area (Å²) in [5.74, 6) is -0.0875. The molecule has 0 aromatic rings. The molecule has 0 aliphatic rings. The van der Waals surface area contributed by atoms with Gasteiger partial charge in [0.05, 0.1) is 13.2 Å². The average molecular weight is 450 g/mol. The van der Waals surface area contributed by atoms with Crippen LogP contribution in [0.2, 0.25) is 0 Å². The lowest BCUT2D eigenvalue weighted by atomic mass is 9.89. The summed E-state index contributed by atoms with van der Waals surface area (Å²) in [6.45, 7) is 4.97. The number of unbranched alkanes of at least 4 members (excludes halogenated alkanes) is 13. The number of likely N-dealkylation sites (N-methyl/N-ethyl adjacent to an activating group) is 1. The first-order valence-corrected chi connectivity index (χ1v) is 12.6. The van der Waals surface area contributed by atoms with Crippen LogP contribution < -0.4 is 5.32 Å². The van der Waals surface area contributed by atoms with Gasteiger partial charge < -0.3 is 15.2 Å². The molecule has 5 heteroatoms. The van der Waals surface area contributed by atoms with E-state index in [2.05, 4.69) is 19.2 Å². The third kappa shape index (κ3) is 18.4. The highest BCUT2D eigenvalue weighted by molar-refractivity contribution is 5.85. The predicted molar refractivity (Wildman–Crippen MR) is 132 cm³/mol. The number of aliphatic hydroxyl groups is 1. The number of carbonyl (C=O) groups excluding carboxylic acids is 1. The largest absolute Gasteiger partial charge is 0.466 e. The Hall–Kier alpha value is -0.320. The molecule has 0 rings (SSSR count). The second-order valence-corrected chi connectivity index (χ2v) is 8.76. The van der Waals surface area contributed by atoms with Crippen LogP contribution in [0.25, 0.3) is 0 Å². The van der Waals surface area contributed by atoms with Gasteiger partial charge in [-0.25, -0.2) is 0 Å². The van der Waals surface area contributed by atoms with E-state index in [1.807, 2.05) is 7.05 Å². The molecule has 1 unspecified atom stereocenters. The molecule has 0 amide bonds. The van der Waals surface area contributed by atoms with E-state index in [4.69, 9.17) is 4.74 Å². The zero-order chi connectivity index (χ0) is 21.6. The van der Waals surface area contributed by atoms with Gasteiger partial charge in [-0.3, -0.25) is 4.79 Å². The molecule has 1 atom stereocenters. The second kappa shape index (κ2) is 23.3. The first-order valence-electron chi connectivity index (χ1n) is 12.6. The van der Waals surface area contributed by atoms with Gasteiger partial charge in [0.15, 0.2) is 0 Å². The van der Waals surface area contributed by atoms with Crippen molar-refractivity contribution < 1.29 is 14.6 Å². The number of rotatable bonds is 22. The molecular formula is C25H52ClNO3. The van der Waals surface area contributed by atoms with E-state index in [0.717, 1.165) is 25.7 Å². The lowest BCUT2D eigenvalue weighted by molar-refractivity contribution is -0.144. The molecule has 30 heavy (non-hydrogen) atoms. The topological polar surface area (TPSA) is 58.6 Å². The van der Waals surface area contributed by atoms with E-state index in [1.165, 1.54) is 77.0 Å². The summed E-state index contributed by atoms with van der Waals surface area (Å²) in [5.41, 5.74) is -0.317. The summed E-state index contributed by atoms with van der Waals surface area (Å²) in [6.07, 6.45) is 20.9. The monoisotopic (exact) mass is 449 g/mol. The van der Waals surface area contributed by atoms with Crippen LogP contribution in [-0.2, 0) is 9.53 Å². The highest BCUT2D eigenvalue weighted by atomic mass is 35.5. The maximum Gasteiger partial charge on any atom is 0.305 e. The third-order valence-corrected chi connectivity index (χ3v) is 6.17. The summed E-state index contributed by atoms with van der Waals surface area (Å²) in [6, 6.07) is 0. The first kappa shape index (κ1) is 31.9. The van der Waals surface area contributed by atoms with Gasteiger partial charge in [-0.05, 0) is 19.9 Å². The Morgan fingerprint density at radius 1 is 0.767 bits per heavy atom. The Balaban J connectivity index is 0. The van der Waals surface area contributed by atoms with Crippen molar-refractivity contribution in [1.29, 1.82) is 0 Å². The molecule has 0 aliphatic carbocycles. The molecule has 0 aromatic carbocycles. The fourth-order valence-corrected chi connectivity index (χ4v) is 3.87. The van der Waals surface area contributed by atoms with E-state index < -0.39 is 0 Å². The Kier molecular flexibility index (Phi) is 24.8. The van der Waals surface area contributed by atoms with Crippen molar-refractivity contribution in [2.45, 2.75) is 135 Å². The number of halogens is 1. The van der Waals surface area contributed by atoms with Crippen LogP contribution in [-0.4, -0.2) is 36.9 Å². The van der Waals surface area contributed by atoms with Gasteiger partial charge in [0, 0.05) is 18.4 Å². The number of carbonyl (C=O) groups is 1. The van der Waals surface area contributed by atoms with Gasteiger partial charge in [-0.2, -0.15) is 0 Å². The molecule has 0 heterocycles. The number of esters is 1. The van der Waals surface area contributed by atoms with Gasteiger partial charge in [0.1, 0.15) is 0 Å². The minimum Gasteiger partial charge on any atom is -0.466 e. The molecular weight excluding hydrogens is 398 g/mol. The lowest BCUT2D eigenvalue weighted by Gasteiger charge is -2.31. The fourth-order valence-electron chi connectivity index (χ4n) is 3.87. The second-order valence-electron chi connectivity index (χ2n) is 8.76. The van der Waals surface area contributed by atoms with Crippen molar-refractivity contribution in [3.05, 3.63) is 0 Å². The van der Waals surface area contributed by atoms with Crippen LogP contribution in [0.5, 0.6) is 0 Å². The van der Waals surface area contributed by atoms with Crippen molar-refractivity contribution in [3.63, 3.8) is 0 Å². The Bertz CT molecular complexity index is 362. The predicted octanol–water partition coefficient (Wildman–Crippen LogP) is 6.96. The number of aliphatic hydroxyl groups excluding tert-OH is 1. The smallest absolute Gasteiger partial charge is 0.305 e. The molecule has 0 aromatic heterocycles. The van der Waals surface area contributed by atoms with Gasteiger partial charge in [0.25, 0.3) is 0 Å². The highest BCUT2D eigenvalue weighted by Gasteiger charge is 2.27. The molecule has 182 valence electrons. The van der Waals surface area contributed by atoms with Crippen molar-refractivity contribution in [2.24, 2.45) is 0 Å². The van der Waals surface area contributed by atoms with Crippen LogP contribution in [0.15, 0.2) is 0 Å². The van der Waals surface area contributed by atoms with Crippen LogP contribution in [0.4, 0.5) is 0 Å². The van der Waals surface area contributed by atoms with Gasteiger partial charge in [-0.1, -0.05) is 104 Å². The van der Waals surface area contributed by atoms with E-state index >= 15 is 0 Å². The maximum absolute atomic E-state index is 12.0. The first-order chi connectivity index (χ1) is 14.1. The van der Waals surface area contributed by atoms with Crippen molar-refractivity contribution in [1.82, 2.24) is 5.32 Å². The molecule has 0 saturated carbocycles. The van der Waals surface area contributed by atoms with Gasteiger partial charge in [0.2, 0.25) is 0 Å². The van der Waals surface area contributed by atoms with Crippen LogP contribution in [0, 0.1) is 0 Å². The Labute approximate surface area is 193 Å². The average Bonchev–Trinajstić information content (AvgIpc) is 2.73. The van der Waals surface area contributed by atoms with E-state index in [0.29, 0.717) is 19.4 Å². The van der Waals surface area contributed by atoms with Crippen molar-refractivity contribution in [2.75, 3.05) is 20.3 Å². The van der Waals surface area contributed by atoms with E-state index in [9.17, 15) is 9.90 Å². The summed E-state index contributed by atoms with van der Waals surface area (Å²) >= 11 is 0. The minimum absolute atomic E-state index is 0. The van der Waals surface area contributed by atoms with Gasteiger partial charge >= 0.3 is 5.97 Å². The fraction of sp³-hybridized carbons (Fsp3) is 0.960. The molecule has 4 nitrogen and oxygen atoms in total. The highest BCUT2D eigenvalue weighted by Crippen LogP contribution is 2.20. The van der Waals surface area contributed by atoms with Crippen LogP contribution in [0.1, 0.15) is 129 Å². The Morgan fingerprint density at radius 3 is 1.70 bits per heavy atom. The number of hydrogen-bond acceptors (Lipinski definition) is 4. The van der Waals surface area contributed by atoms with Crippen molar-refractivity contribution >= 4 is 18.4 Å². The van der Waals surface area contributed by atoms with Crippen molar-refractivity contribution in [3.8, 4) is 0 Å². The standard InChI is InChI=1S/C25H51NO3.ClH/c1-4-6-8-10-12-13-14-15-17-19-24(28)29-22-21-25(23-27,26-3)20-18-16-11-9-7-5-2;/h26-27H,4-23H2,1-3H3;1H. The SMILES string of the molecule is CCCCCCCCCCCC(=O)OCCC(CO)(CCCCCCCC)NC.Cl. The molecule has 0 fully saturated rings. The molecule has 0 aliphatic heterocycles. The normalized spacial score (nSPS) is 12.9. The third-order valence-electron chi connectivity index (χ3n) is 6.17. The lowest BCUT2D eigenvalue weighted by Crippen LogP contribution is -2.47. The van der Waals surface area contributed by atoms with Gasteiger partial charge in [-0.15, -0.1) is 12.4 Å². The summed E-state index contributed by atoms with van der Waals surface area (Å²) in [4.78, 5) is 12.0. The van der Waals surface area contributed by atoms with Crippen LogP contribution >= 0.6 is 12.4 Å². The zero-order valence-electron chi connectivity index (χ0n) is 20.3. The van der Waals surface area contributed by atoms with E-state index in [-0.39, 0.29) is 30.5 Å². The number of ether oxygens (including phenoxy) is 1. The summed E-state index contributed by atoms with van der Waals surface area (Å²) in [7, 11) is 1.90.